The normalized spacial score (nSPS) is 15.3. The van der Waals surface area contributed by atoms with Crippen molar-refractivity contribution in [2.45, 2.75) is 20.8 Å². The number of fused-ring (bicyclic) bond motifs is 1. The monoisotopic (exact) mass is 281 g/mol. The largest absolute Gasteiger partial charge is 0.275 e. The minimum Gasteiger partial charge on any atom is -0.271 e. The van der Waals surface area contributed by atoms with Crippen molar-refractivity contribution in [3.8, 4) is 0 Å². The number of carbonyl (C=O) groups is 2. The Hall–Kier alpha value is -2.69. The van der Waals surface area contributed by atoms with Crippen LogP contribution >= 0.6 is 0 Å². The lowest BCUT2D eigenvalue weighted by Crippen LogP contribution is -2.37. The molecule has 1 aromatic carbocycles. The van der Waals surface area contributed by atoms with Crippen LogP contribution in [0.25, 0.3) is 10.9 Å². The number of imide groups is 1. The Kier molecular flexibility index (Phi) is 2.97. The van der Waals surface area contributed by atoms with Crippen LogP contribution < -0.4 is 5.43 Å². The molecular formula is C16H15N3O2. The zero-order valence-corrected chi connectivity index (χ0v) is 12.1. The molecule has 0 unspecified atom stereocenters. The first kappa shape index (κ1) is 13.3. The minimum atomic E-state index is -0.330. The van der Waals surface area contributed by atoms with Crippen LogP contribution in [0.15, 0.2) is 41.5 Å². The van der Waals surface area contributed by atoms with Crippen LogP contribution in [-0.4, -0.2) is 21.8 Å². The molecule has 2 aromatic rings. The van der Waals surface area contributed by atoms with Crippen LogP contribution in [0.1, 0.15) is 19.4 Å². The molecule has 0 atom stereocenters. The highest BCUT2D eigenvalue weighted by atomic mass is 16.2. The zero-order chi connectivity index (χ0) is 15.1. The number of aromatic nitrogens is 1. The number of hydrogen-bond acceptors (Lipinski definition) is 4. The van der Waals surface area contributed by atoms with Gasteiger partial charge in [0.05, 0.1) is 5.52 Å². The Morgan fingerprint density at radius 1 is 0.952 bits per heavy atom. The third-order valence-corrected chi connectivity index (χ3v) is 3.68. The summed E-state index contributed by atoms with van der Waals surface area (Å²) in [6.45, 7) is 5.31. The van der Waals surface area contributed by atoms with Crippen LogP contribution in [0.5, 0.6) is 0 Å². The van der Waals surface area contributed by atoms with Crippen molar-refractivity contribution in [3.05, 3.63) is 47.0 Å². The quantitative estimate of drug-likeness (QED) is 0.859. The fourth-order valence-electron chi connectivity index (χ4n) is 2.27. The third-order valence-electron chi connectivity index (χ3n) is 3.68. The van der Waals surface area contributed by atoms with Gasteiger partial charge >= 0.3 is 0 Å². The molecular weight excluding hydrogens is 266 g/mol. The van der Waals surface area contributed by atoms with Gasteiger partial charge in [0.15, 0.2) is 0 Å². The number of anilines is 1. The van der Waals surface area contributed by atoms with E-state index in [0.29, 0.717) is 17.0 Å². The molecule has 0 aliphatic carbocycles. The van der Waals surface area contributed by atoms with Crippen molar-refractivity contribution in [3.63, 3.8) is 0 Å². The van der Waals surface area contributed by atoms with E-state index >= 15 is 0 Å². The van der Waals surface area contributed by atoms with E-state index in [-0.39, 0.29) is 11.8 Å². The molecule has 5 nitrogen and oxygen atoms in total. The fourth-order valence-corrected chi connectivity index (χ4v) is 2.27. The molecule has 1 N–H and O–H groups in total. The lowest BCUT2D eigenvalue weighted by molar-refractivity contribution is -0.135. The summed E-state index contributed by atoms with van der Waals surface area (Å²) in [7, 11) is 0. The number of amides is 2. The predicted molar refractivity (Wildman–Crippen MR) is 80.3 cm³/mol. The molecule has 1 aliphatic rings. The van der Waals surface area contributed by atoms with Gasteiger partial charge in [0.2, 0.25) is 0 Å². The van der Waals surface area contributed by atoms with Crippen molar-refractivity contribution < 1.29 is 9.59 Å². The first-order valence-corrected chi connectivity index (χ1v) is 6.67. The first-order valence-electron chi connectivity index (χ1n) is 6.67. The van der Waals surface area contributed by atoms with Crippen molar-refractivity contribution >= 4 is 28.5 Å². The van der Waals surface area contributed by atoms with Crippen LogP contribution in [0.3, 0.4) is 0 Å². The summed E-state index contributed by atoms with van der Waals surface area (Å²) in [5.41, 5.74) is 5.68. The van der Waals surface area contributed by atoms with E-state index in [9.17, 15) is 9.59 Å². The molecule has 21 heavy (non-hydrogen) atoms. The van der Waals surface area contributed by atoms with Crippen molar-refractivity contribution in [2.75, 3.05) is 5.43 Å². The molecule has 0 spiro atoms. The SMILES string of the molecule is CC1=C(C)C(=O)N(Nc2ccc3cc(C)ccc3n2)C1=O. The van der Waals surface area contributed by atoms with Gasteiger partial charge in [-0.25, -0.2) is 4.98 Å². The van der Waals surface area contributed by atoms with Gasteiger partial charge in [-0.1, -0.05) is 11.6 Å². The highest BCUT2D eigenvalue weighted by Gasteiger charge is 2.33. The Balaban J connectivity index is 1.91. The van der Waals surface area contributed by atoms with E-state index < -0.39 is 0 Å². The van der Waals surface area contributed by atoms with Gasteiger partial charge in [-0.2, -0.15) is 5.01 Å². The van der Waals surface area contributed by atoms with Crippen LogP contribution in [0.2, 0.25) is 0 Å². The summed E-state index contributed by atoms with van der Waals surface area (Å²) in [6.07, 6.45) is 0. The van der Waals surface area contributed by atoms with Gasteiger partial charge in [-0.05, 0) is 45.0 Å². The summed E-state index contributed by atoms with van der Waals surface area (Å²) in [5, 5.41) is 2.03. The summed E-state index contributed by atoms with van der Waals surface area (Å²) in [5.74, 6) is -0.192. The molecule has 0 saturated heterocycles. The highest BCUT2D eigenvalue weighted by molar-refractivity contribution is 6.19. The molecule has 0 radical (unpaired) electrons. The Morgan fingerprint density at radius 3 is 2.29 bits per heavy atom. The maximum atomic E-state index is 12.0. The van der Waals surface area contributed by atoms with Crippen molar-refractivity contribution in [1.29, 1.82) is 0 Å². The number of benzene rings is 1. The van der Waals surface area contributed by atoms with Crippen LogP contribution in [0, 0.1) is 6.92 Å². The minimum absolute atomic E-state index is 0.330. The number of carbonyl (C=O) groups excluding carboxylic acids is 2. The van der Waals surface area contributed by atoms with Crippen LogP contribution in [0.4, 0.5) is 5.82 Å². The van der Waals surface area contributed by atoms with Gasteiger partial charge in [-0.15, -0.1) is 0 Å². The van der Waals surface area contributed by atoms with Crippen molar-refractivity contribution in [1.82, 2.24) is 9.99 Å². The van der Waals surface area contributed by atoms with Crippen LogP contribution in [-0.2, 0) is 9.59 Å². The molecule has 106 valence electrons. The second-order valence-electron chi connectivity index (χ2n) is 5.20. The smallest absolute Gasteiger partial charge is 0.271 e. The first-order chi connectivity index (χ1) is 9.97. The van der Waals surface area contributed by atoms with Crippen molar-refractivity contribution in [2.24, 2.45) is 0 Å². The summed E-state index contributed by atoms with van der Waals surface area (Å²) < 4.78 is 0. The second kappa shape index (κ2) is 4.70. The Morgan fingerprint density at radius 2 is 1.62 bits per heavy atom. The lowest BCUT2D eigenvalue weighted by Gasteiger charge is -2.16. The molecule has 5 heteroatoms. The number of rotatable bonds is 2. The molecule has 0 saturated carbocycles. The average molecular weight is 281 g/mol. The number of hydrazine groups is 1. The topological polar surface area (TPSA) is 62.3 Å². The molecule has 2 amide bonds. The number of nitrogens with zero attached hydrogens (tertiary/aromatic N) is 2. The van der Waals surface area contributed by atoms with E-state index in [1.54, 1.807) is 19.9 Å². The number of hydrogen-bond donors (Lipinski definition) is 1. The maximum Gasteiger partial charge on any atom is 0.275 e. The maximum absolute atomic E-state index is 12.0. The highest BCUT2D eigenvalue weighted by Crippen LogP contribution is 2.22. The van der Waals surface area contributed by atoms with E-state index in [0.717, 1.165) is 21.5 Å². The molecule has 0 bridgehead atoms. The summed E-state index contributed by atoms with van der Waals surface area (Å²) >= 11 is 0. The summed E-state index contributed by atoms with van der Waals surface area (Å²) in [6, 6.07) is 9.59. The molecule has 1 aliphatic heterocycles. The molecule has 3 rings (SSSR count). The van der Waals surface area contributed by atoms with Gasteiger partial charge in [0, 0.05) is 16.5 Å². The fraction of sp³-hybridized carbons (Fsp3) is 0.188. The predicted octanol–water partition coefficient (Wildman–Crippen LogP) is 2.58. The van der Waals surface area contributed by atoms with E-state index in [1.165, 1.54) is 0 Å². The number of nitrogens with one attached hydrogen (secondary N) is 1. The van der Waals surface area contributed by atoms with E-state index in [2.05, 4.69) is 10.4 Å². The van der Waals surface area contributed by atoms with E-state index in [4.69, 9.17) is 0 Å². The Labute approximate surface area is 122 Å². The molecule has 1 aromatic heterocycles. The molecule has 0 fully saturated rings. The Bertz CT molecular complexity index is 784. The van der Waals surface area contributed by atoms with Gasteiger partial charge in [0.1, 0.15) is 5.82 Å². The van der Waals surface area contributed by atoms with Gasteiger partial charge in [-0.3, -0.25) is 15.0 Å². The summed E-state index contributed by atoms with van der Waals surface area (Å²) in [4.78, 5) is 28.4. The van der Waals surface area contributed by atoms with Gasteiger partial charge < -0.3 is 0 Å². The second-order valence-corrected chi connectivity index (χ2v) is 5.20. The number of aryl methyl sites for hydroxylation is 1. The average Bonchev–Trinajstić information content (AvgIpc) is 2.65. The zero-order valence-electron chi connectivity index (χ0n) is 12.1. The number of pyridine rings is 1. The standard InChI is InChI=1S/C16H15N3O2/c1-9-4-6-13-12(8-9)5-7-14(17-13)18-19-15(20)10(2)11(3)16(19)21/h4-8H,1-3H3,(H,17,18). The van der Waals surface area contributed by atoms with Gasteiger partial charge in [0.25, 0.3) is 11.8 Å². The molecule has 2 heterocycles. The van der Waals surface area contributed by atoms with E-state index in [1.807, 2.05) is 31.2 Å². The lowest BCUT2D eigenvalue weighted by atomic mass is 10.1. The third kappa shape index (κ3) is 2.16.